The molecule has 4 rings (SSSR count). The fraction of sp³-hybridized carbons (Fsp3) is 0.111. The highest BCUT2D eigenvalue weighted by atomic mass is 16.2. The standard InChI is InChI=1S/C18H15N5O3/c24-16(11-4-2-1-3-5-11)22-17(25)20-12-6-7-14-13(10-12)15-19-8-9-23(15)18(26)21-14/h1-7,10,19H,8-9H2,(H2,20,22,24,25). The van der Waals surface area contributed by atoms with Crippen molar-refractivity contribution < 1.29 is 9.59 Å². The molecule has 1 aromatic heterocycles. The number of imide groups is 1. The zero-order valence-electron chi connectivity index (χ0n) is 13.7. The van der Waals surface area contributed by atoms with Crippen LogP contribution in [0.1, 0.15) is 10.4 Å². The van der Waals surface area contributed by atoms with E-state index >= 15 is 0 Å². The van der Waals surface area contributed by atoms with Crippen molar-refractivity contribution in [2.75, 3.05) is 17.2 Å². The highest BCUT2D eigenvalue weighted by Crippen LogP contribution is 2.25. The minimum atomic E-state index is -0.635. The zero-order valence-corrected chi connectivity index (χ0v) is 13.7. The lowest BCUT2D eigenvalue weighted by Crippen LogP contribution is -2.34. The van der Waals surface area contributed by atoms with Crippen LogP contribution >= 0.6 is 0 Å². The predicted octanol–water partition coefficient (Wildman–Crippen LogP) is 1.78. The van der Waals surface area contributed by atoms with E-state index in [2.05, 4.69) is 20.9 Å². The molecule has 0 unspecified atom stereocenters. The van der Waals surface area contributed by atoms with Crippen LogP contribution in [-0.4, -0.2) is 28.0 Å². The monoisotopic (exact) mass is 349 g/mol. The molecule has 8 heteroatoms. The van der Waals surface area contributed by atoms with Crippen LogP contribution in [0, 0.1) is 0 Å². The molecule has 1 aliphatic rings. The van der Waals surface area contributed by atoms with Gasteiger partial charge in [0.2, 0.25) is 0 Å². The highest BCUT2D eigenvalue weighted by Gasteiger charge is 2.17. The molecule has 1 aliphatic heterocycles. The Morgan fingerprint density at radius 1 is 1.12 bits per heavy atom. The van der Waals surface area contributed by atoms with Crippen molar-refractivity contribution >= 4 is 34.3 Å². The minimum absolute atomic E-state index is 0.301. The Morgan fingerprint density at radius 2 is 1.92 bits per heavy atom. The van der Waals surface area contributed by atoms with Crippen molar-refractivity contribution in [1.82, 2.24) is 14.9 Å². The smallest absolute Gasteiger partial charge is 0.349 e. The maximum absolute atomic E-state index is 12.1. The zero-order chi connectivity index (χ0) is 18.1. The molecule has 0 atom stereocenters. The molecule has 0 saturated heterocycles. The summed E-state index contributed by atoms with van der Waals surface area (Å²) < 4.78 is 1.56. The maximum Gasteiger partial charge on any atom is 0.349 e. The van der Waals surface area contributed by atoms with Crippen LogP contribution in [0.15, 0.2) is 53.3 Å². The van der Waals surface area contributed by atoms with Gasteiger partial charge in [-0.3, -0.25) is 14.7 Å². The van der Waals surface area contributed by atoms with Crippen LogP contribution in [-0.2, 0) is 6.54 Å². The van der Waals surface area contributed by atoms with E-state index in [1.165, 1.54) is 0 Å². The molecule has 0 aliphatic carbocycles. The molecule has 2 aromatic carbocycles. The number of aromatic nitrogens is 2. The number of carbonyl (C=O) groups excluding carboxylic acids is 2. The fourth-order valence-electron chi connectivity index (χ4n) is 2.92. The van der Waals surface area contributed by atoms with Crippen molar-refractivity contribution in [2.45, 2.75) is 6.54 Å². The Balaban J connectivity index is 1.56. The van der Waals surface area contributed by atoms with E-state index < -0.39 is 11.9 Å². The second-order valence-corrected chi connectivity index (χ2v) is 5.83. The molecule has 3 N–H and O–H groups in total. The van der Waals surface area contributed by atoms with E-state index in [9.17, 15) is 14.4 Å². The highest BCUT2D eigenvalue weighted by molar-refractivity contribution is 6.08. The normalized spacial score (nSPS) is 12.3. The van der Waals surface area contributed by atoms with Crippen LogP contribution in [0.25, 0.3) is 10.9 Å². The largest absolute Gasteiger partial charge is 0.369 e. The number of fused-ring (bicyclic) bond motifs is 3. The number of nitrogens with one attached hydrogen (secondary N) is 3. The lowest BCUT2D eigenvalue weighted by atomic mass is 10.2. The first-order valence-electron chi connectivity index (χ1n) is 8.08. The first-order valence-corrected chi connectivity index (χ1v) is 8.08. The number of benzene rings is 2. The van der Waals surface area contributed by atoms with Gasteiger partial charge in [-0.1, -0.05) is 18.2 Å². The summed E-state index contributed by atoms with van der Waals surface area (Å²) in [5, 5.41) is 8.80. The third-order valence-electron chi connectivity index (χ3n) is 4.12. The van der Waals surface area contributed by atoms with Crippen LogP contribution < -0.4 is 21.6 Å². The van der Waals surface area contributed by atoms with E-state index in [-0.39, 0.29) is 5.69 Å². The van der Waals surface area contributed by atoms with Crippen LogP contribution in [0.5, 0.6) is 0 Å². The molecule has 2 heterocycles. The molecule has 0 bridgehead atoms. The first kappa shape index (κ1) is 15.8. The summed E-state index contributed by atoms with van der Waals surface area (Å²) in [6.45, 7) is 1.21. The average Bonchev–Trinajstić information content (AvgIpc) is 3.14. The lowest BCUT2D eigenvalue weighted by molar-refractivity contribution is 0.0967. The summed E-state index contributed by atoms with van der Waals surface area (Å²) in [4.78, 5) is 40.1. The number of nitrogens with zero attached hydrogens (tertiary/aromatic N) is 2. The molecule has 3 amide bonds. The average molecular weight is 349 g/mol. The number of hydrogen-bond acceptors (Lipinski definition) is 5. The Kier molecular flexibility index (Phi) is 3.85. The van der Waals surface area contributed by atoms with Crippen molar-refractivity contribution in [2.24, 2.45) is 0 Å². The number of amides is 3. The Bertz CT molecular complexity index is 1080. The van der Waals surface area contributed by atoms with Crippen molar-refractivity contribution in [3.63, 3.8) is 0 Å². The first-order chi connectivity index (χ1) is 12.6. The number of carbonyl (C=O) groups is 2. The maximum atomic E-state index is 12.1. The van der Waals surface area contributed by atoms with E-state index in [0.29, 0.717) is 35.7 Å². The van der Waals surface area contributed by atoms with Gasteiger partial charge in [-0.15, -0.1) is 0 Å². The minimum Gasteiger partial charge on any atom is -0.369 e. The van der Waals surface area contributed by atoms with Crippen LogP contribution in [0.3, 0.4) is 0 Å². The van der Waals surface area contributed by atoms with E-state index in [1.807, 2.05) is 0 Å². The predicted molar refractivity (Wildman–Crippen MR) is 97.4 cm³/mol. The lowest BCUT2D eigenvalue weighted by Gasteiger charge is -2.10. The third-order valence-corrected chi connectivity index (χ3v) is 4.12. The van der Waals surface area contributed by atoms with Crippen molar-refractivity contribution in [1.29, 1.82) is 0 Å². The molecule has 3 aromatic rings. The van der Waals surface area contributed by atoms with Crippen molar-refractivity contribution in [3.05, 3.63) is 64.6 Å². The molecule has 0 fully saturated rings. The van der Waals surface area contributed by atoms with Gasteiger partial charge in [0, 0.05) is 29.7 Å². The SMILES string of the molecule is O=C(NC(=O)c1ccccc1)Nc1ccc2nc(=O)n3c(c2c1)NCC3. The van der Waals surface area contributed by atoms with Gasteiger partial charge in [-0.25, -0.2) is 9.59 Å². The van der Waals surface area contributed by atoms with Gasteiger partial charge in [0.25, 0.3) is 5.91 Å². The molecular weight excluding hydrogens is 334 g/mol. The summed E-state index contributed by atoms with van der Waals surface area (Å²) in [6, 6.07) is 12.9. The number of rotatable bonds is 2. The van der Waals surface area contributed by atoms with E-state index in [1.54, 1.807) is 53.1 Å². The molecule has 0 saturated carbocycles. The Morgan fingerprint density at radius 3 is 2.73 bits per heavy atom. The second kappa shape index (κ2) is 6.32. The summed E-state index contributed by atoms with van der Waals surface area (Å²) >= 11 is 0. The van der Waals surface area contributed by atoms with Gasteiger partial charge in [-0.2, -0.15) is 4.98 Å². The quantitative estimate of drug-likeness (QED) is 0.654. The summed E-state index contributed by atoms with van der Waals surface area (Å²) in [7, 11) is 0. The van der Waals surface area contributed by atoms with Gasteiger partial charge >= 0.3 is 11.7 Å². The number of urea groups is 1. The Labute approximate surface area is 147 Å². The van der Waals surface area contributed by atoms with E-state index in [4.69, 9.17) is 0 Å². The van der Waals surface area contributed by atoms with Crippen molar-refractivity contribution in [3.8, 4) is 0 Å². The molecule has 0 spiro atoms. The third kappa shape index (κ3) is 2.88. The summed E-state index contributed by atoms with van der Waals surface area (Å²) in [5.41, 5.74) is 1.13. The van der Waals surface area contributed by atoms with Gasteiger partial charge in [-0.05, 0) is 30.3 Å². The van der Waals surface area contributed by atoms with Crippen LogP contribution in [0.4, 0.5) is 16.3 Å². The molecule has 8 nitrogen and oxygen atoms in total. The van der Waals surface area contributed by atoms with Gasteiger partial charge in [0.1, 0.15) is 5.82 Å². The molecule has 0 radical (unpaired) electrons. The van der Waals surface area contributed by atoms with Gasteiger partial charge in [0.15, 0.2) is 0 Å². The summed E-state index contributed by atoms with van der Waals surface area (Å²) in [5.74, 6) is 0.198. The molecular formula is C18H15N5O3. The number of anilines is 2. The molecule has 130 valence electrons. The fourth-order valence-corrected chi connectivity index (χ4v) is 2.92. The van der Waals surface area contributed by atoms with Crippen LogP contribution in [0.2, 0.25) is 0 Å². The summed E-state index contributed by atoms with van der Waals surface area (Å²) in [6.07, 6.45) is 0. The number of hydrogen-bond donors (Lipinski definition) is 3. The molecule has 26 heavy (non-hydrogen) atoms. The Hall–Kier alpha value is -3.68. The van der Waals surface area contributed by atoms with E-state index in [0.717, 1.165) is 5.39 Å². The second-order valence-electron chi connectivity index (χ2n) is 5.83. The van der Waals surface area contributed by atoms with Gasteiger partial charge < -0.3 is 10.6 Å². The van der Waals surface area contributed by atoms with Gasteiger partial charge in [0.05, 0.1) is 5.52 Å². The topological polar surface area (TPSA) is 105 Å².